The summed E-state index contributed by atoms with van der Waals surface area (Å²) in [4.78, 5) is 16.2. The number of nitrogens with zero attached hydrogens (tertiary/aromatic N) is 4. The summed E-state index contributed by atoms with van der Waals surface area (Å²) in [5.41, 5.74) is 6.47. The molecular formula is C19H24F3N5O. The summed E-state index contributed by atoms with van der Waals surface area (Å²) in [5.74, 6) is 0.100. The van der Waals surface area contributed by atoms with E-state index >= 15 is 0 Å². The van der Waals surface area contributed by atoms with E-state index < -0.39 is 11.7 Å². The van der Waals surface area contributed by atoms with E-state index in [4.69, 9.17) is 5.73 Å². The molecule has 3 rings (SSSR count). The molecule has 0 saturated carbocycles. The fourth-order valence-electron chi connectivity index (χ4n) is 3.77. The first-order valence-corrected chi connectivity index (χ1v) is 9.08. The smallest absolute Gasteiger partial charge is 0.383 e. The number of hydrogen-bond acceptors (Lipinski definition) is 4. The lowest BCUT2D eigenvalue weighted by Gasteiger charge is -2.38. The minimum absolute atomic E-state index is 0.0687. The van der Waals surface area contributed by atoms with Crippen molar-refractivity contribution in [2.24, 2.45) is 7.05 Å². The van der Waals surface area contributed by atoms with Gasteiger partial charge in [0.2, 0.25) is 0 Å². The van der Waals surface area contributed by atoms with Crippen LogP contribution in [0.3, 0.4) is 0 Å². The second-order valence-corrected chi connectivity index (χ2v) is 7.12. The van der Waals surface area contributed by atoms with Crippen LogP contribution in [0.4, 0.5) is 24.7 Å². The van der Waals surface area contributed by atoms with Crippen LogP contribution in [0.5, 0.6) is 0 Å². The first-order valence-electron chi connectivity index (χ1n) is 9.08. The van der Waals surface area contributed by atoms with Gasteiger partial charge in [0.05, 0.1) is 11.3 Å². The Morgan fingerprint density at radius 1 is 1.25 bits per heavy atom. The first kappa shape index (κ1) is 20.0. The number of para-hydroxylation sites is 1. The van der Waals surface area contributed by atoms with Crippen LogP contribution in [0, 0.1) is 6.92 Å². The molecule has 1 amide bonds. The Hall–Kier alpha value is -2.71. The SMILES string of the molecule is Cc1nn(C)c(N)c1C(=O)N(C)C1CCN(c2ccccc2C(F)(F)F)CC1. The van der Waals surface area contributed by atoms with E-state index in [2.05, 4.69) is 5.10 Å². The number of hydrogen-bond donors (Lipinski definition) is 1. The van der Waals surface area contributed by atoms with Crippen molar-refractivity contribution in [3.8, 4) is 0 Å². The number of nitrogens with two attached hydrogens (primary N) is 1. The molecular weight excluding hydrogens is 371 g/mol. The van der Waals surface area contributed by atoms with Gasteiger partial charge in [-0.05, 0) is 31.9 Å². The number of aromatic nitrogens is 2. The highest BCUT2D eigenvalue weighted by Gasteiger charge is 2.36. The van der Waals surface area contributed by atoms with Gasteiger partial charge >= 0.3 is 6.18 Å². The van der Waals surface area contributed by atoms with Gasteiger partial charge in [0, 0.05) is 38.9 Å². The van der Waals surface area contributed by atoms with Crippen LogP contribution in [0.2, 0.25) is 0 Å². The van der Waals surface area contributed by atoms with Gasteiger partial charge in [-0.2, -0.15) is 18.3 Å². The van der Waals surface area contributed by atoms with Gasteiger partial charge in [0.25, 0.3) is 5.91 Å². The Kier molecular flexibility index (Phi) is 5.27. The number of rotatable bonds is 3. The number of aryl methyl sites for hydroxylation is 2. The minimum Gasteiger partial charge on any atom is -0.383 e. The largest absolute Gasteiger partial charge is 0.418 e. The topological polar surface area (TPSA) is 67.4 Å². The van der Waals surface area contributed by atoms with Crippen molar-refractivity contribution in [3.63, 3.8) is 0 Å². The Morgan fingerprint density at radius 3 is 2.39 bits per heavy atom. The molecule has 0 aliphatic carbocycles. The van der Waals surface area contributed by atoms with E-state index in [9.17, 15) is 18.0 Å². The zero-order valence-corrected chi connectivity index (χ0v) is 16.1. The van der Waals surface area contributed by atoms with Crippen molar-refractivity contribution in [3.05, 3.63) is 41.1 Å². The van der Waals surface area contributed by atoms with E-state index in [-0.39, 0.29) is 17.6 Å². The molecule has 1 fully saturated rings. The Bertz CT molecular complexity index is 869. The maximum Gasteiger partial charge on any atom is 0.418 e. The average molecular weight is 395 g/mol. The van der Waals surface area contributed by atoms with E-state index in [1.54, 1.807) is 36.9 Å². The maximum absolute atomic E-state index is 13.3. The van der Waals surface area contributed by atoms with Crippen LogP contribution in [-0.2, 0) is 13.2 Å². The van der Waals surface area contributed by atoms with Crippen molar-refractivity contribution in [2.75, 3.05) is 30.8 Å². The summed E-state index contributed by atoms with van der Waals surface area (Å²) in [7, 11) is 3.38. The number of carbonyl (C=O) groups is 1. The van der Waals surface area contributed by atoms with E-state index in [1.807, 2.05) is 0 Å². The highest BCUT2D eigenvalue weighted by Crippen LogP contribution is 2.37. The number of amides is 1. The predicted octanol–water partition coefficient (Wildman–Crippen LogP) is 3.07. The number of anilines is 2. The minimum atomic E-state index is -4.39. The van der Waals surface area contributed by atoms with E-state index in [1.165, 1.54) is 16.8 Å². The van der Waals surface area contributed by atoms with Crippen molar-refractivity contribution in [2.45, 2.75) is 32.0 Å². The molecule has 1 aromatic carbocycles. The second kappa shape index (κ2) is 7.37. The molecule has 1 saturated heterocycles. The van der Waals surface area contributed by atoms with Crippen LogP contribution < -0.4 is 10.6 Å². The summed E-state index contributed by atoms with van der Waals surface area (Å²) < 4.78 is 41.3. The number of nitrogen functional groups attached to an aromatic ring is 1. The van der Waals surface area contributed by atoms with Crippen LogP contribution in [0.1, 0.15) is 34.5 Å². The standard InChI is InChI=1S/C19H24F3N5O/c1-12-16(17(23)26(3)24-12)18(28)25(2)13-8-10-27(11-9-13)15-7-5-4-6-14(15)19(20,21)22/h4-7,13H,8-11,23H2,1-3H3. The monoisotopic (exact) mass is 395 g/mol. The number of benzene rings is 1. The molecule has 0 bridgehead atoms. The summed E-state index contributed by atoms with van der Waals surface area (Å²) >= 11 is 0. The Labute approximate surface area is 161 Å². The van der Waals surface area contributed by atoms with Gasteiger partial charge in [-0.25, -0.2) is 0 Å². The van der Waals surface area contributed by atoms with Crippen LogP contribution >= 0.6 is 0 Å². The third kappa shape index (κ3) is 3.65. The molecule has 2 N–H and O–H groups in total. The van der Waals surface area contributed by atoms with Crippen LogP contribution in [0.15, 0.2) is 24.3 Å². The Morgan fingerprint density at radius 2 is 1.86 bits per heavy atom. The number of carbonyl (C=O) groups excluding carboxylic acids is 1. The lowest BCUT2D eigenvalue weighted by atomic mass is 10.0. The number of alkyl halides is 3. The fraction of sp³-hybridized carbons (Fsp3) is 0.474. The highest BCUT2D eigenvalue weighted by molar-refractivity contribution is 5.99. The summed E-state index contributed by atoms with van der Waals surface area (Å²) in [6, 6.07) is 5.54. The van der Waals surface area contributed by atoms with Gasteiger partial charge in [-0.15, -0.1) is 0 Å². The van der Waals surface area contributed by atoms with Crippen molar-refractivity contribution < 1.29 is 18.0 Å². The summed E-state index contributed by atoms with van der Waals surface area (Å²) in [5, 5.41) is 4.17. The second-order valence-electron chi connectivity index (χ2n) is 7.12. The van der Waals surface area contributed by atoms with Gasteiger partial charge in [-0.1, -0.05) is 12.1 Å². The van der Waals surface area contributed by atoms with Gasteiger partial charge in [-0.3, -0.25) is 9.48 Å². The van der Waals surface area contributed by atoms with Crippen molar-refractivity contribution in [1.29, 1.82) is 0 Å². The van der Waals surface area contributed by atoms with Crippen molar-refractivity contribution in [1.82, 2.24) is 14.7 Å². The normalized spacial score (nSPS) is 15.7. The molecule has 152 valence electrons. The third-order valence-electron chi connectivity index (χ3n) is 5.36. The third-order valence-corrected chi connectivity index (χ3v) is 5.36. The van der Waals surface area contributed by atoms with E-state index in [0.717, 1.165) is 6.07 Å². The molecule has 0 spiro atoms. The summed E-state index contributed by atoms with van der Waals surface area (Å²) in [6.45, 7) is 2.61. The van der Waals surface area contributed by atoms with Crippen molar-refractivity contribution >= 4 is 17.4 Å². The first-order chi connectivity index (χ1) is 13.1. The van der Waals surface area contributed by atoms with Gasteiger partial charge in [0.15, 0.2) is 0 Å². The maximum atomic E-state index is 13.3. The van der Waals surface area contributed by atoms with Gasteiger partial charge < -0.3 is 15.5 Å². The molecule has 1 aromatic heterocycles. The lowest BCUT2D eigenvalue weighted by molar-refractivity contribution is -0.137. The number of piperidine rings is 1. The quantitative estimate of drug-likeness (QED) is 0.867. The molecule has 2 heterocycles. The Balaban J connectivity index is 1.72. The lowest BCUT2D eigenvalue weighted by Crippen LogP contribution is -2.46. The van der Waals surface area contributed by atoms with Crippen LogP contribution in [-0.4, -0.2) is 46.8 Å². The molecule has 1 aliphatic heterocycles. The predicted molar refractivity (Wildman–Crippen MR) is 101 cm³/mol. The highest BCUT2D eigenvalue weighted by atomic mass is 19.4. The molecule has 2 aromatic rings. The van der Waals surface area contributed by atoms with Gasteiger partial charge in [0.1, 0.15) is 11.4 Å². The zero-order valence-electron chi connectivity index (χ0n) is 16.1. The molecule has 1 aliphatic rings. The molecule has 0 unspecified atom stereocenters. The fourth-order valence-corrected chi connectivity index (χ4v) is 3.77. The summed E-state index contributed by atoms with van der Waals surface area (Å²) in [6.07, 6.45) is -3.24. The molecule has 28 heavy (non-hydrogen) atoms. The average Bonchev–Trinajstić information content (AvgIpc) is 2.92. The van der Waals surface area contributed by atoms with E-state index in [0.29, 0.717) is 43.0 Å². The molecule has 0 atom stereocenters. The molecule has 9 heteroatoms. The zero-order chi connectivity index (χ0) is 20.6. The molecule has 0 radical (unpaired) electrons. The number of halogens is 3. The van der Waals surface area contributed by atoms with Crippen LogP contribution in [0.25, 0.3) is 0 Å². The molecule has 6 nitrogen and oxygen atoms in total.